The molecule has 0 aliphatic carbocycles. The van der Waals surface area contributed by atoms with Crippen molar-refractivity contribution < 1.29 is 14.3 Å². The summed E-state index contributed by atoms with van der Waals surface area (Å²) >= 11 is 1.16. The van der Waals surface area contributed by atoms with E-state index in [2.05, 4.69) is 4.98 Å². The normalized spacial score (nSPS) is 10.7. The monoisotopic (exact) mass is 285 g/mol. The number of furan rings is 1. The average Bonchev–Trinajstić information content (AvgIpc) is 3.05. The molecule has 20 heavy (non-hydrogen) atoms. The predicted molar refractivity (Wildman–Crippen MR) is 76.9 cm³/mol. The van der Waals surface area contributed by atoms with Crippen molar-refractivity contribution >= 4 is 17.3 Å². The second-order valence-corrected chi connectivity index (χ2v) is 5.26. The summed E-state index contributed by atoms with van der Waals surface area (Å²) in [6, 6.07) is 11.1. The molecule has 3 rings (SSSR count). The van der Waals surface area contributed by atoms with E-state index in [-0.39, 0.29) is 4.88 Å². The van der Waals surface area contributed by atoms with E-state index in [1.165, 1.54) is 0 Å². The van der Waals surface area contributed by atoms with Crippen LogP contribution in [0.2, 0.25) is 0 Å². The maximum absolute atomic E-state index is 11.4. The number of benzene rings is 1. The van der Waals surface area contributed by atoms with Gasteiger partial charge in [-0.05, 0) is 13.0 Å². The summed E-state index contributed by atoms with van der Waals surface area (Å²) in [6.07, 6.45) is 1.58. The third-order valence-electron chi connectivity index (χ3n) is 2.96. The van der Waals surface area contributed by atoms with Crippen LogP contribution in [0.1, 0.15) is 15.4 Å². The van der Waals surface area contributed by atoms with Crippen LogP contribution in [-0.2, 0) is 0 Å². The highest BCUT2D eigenvalue weighted by atomic mass is 32.1. The fraction of sp³-hybridized carbons (Fsp3) is 0.0667. The molecule has 0 fully saturated rings. The zero-order valence-corrected chi connectivity index (χ0v) is 11.5. The molecule has 3 aromatic rings. The lowest BCUT2D eigenvalue weighted by Crippen LogP contribution is -1.95. The van der Waals surface area contributed by atoms with Gasteiger partial charge in [0.05, 0.1) is 17.5 Å². The minimum absolute atomic E-state index is 0.242. The largest absolute Gasteiger partial charge is 0.477 e. The number of carbonyl (C=O) groups is 1. The first-order valence-corrected chi connectivity index (χ1v) is 6.82. The Bertz CT molecular complexity index is 759. The summed E-state index contributed by atoms with van der Waals surface area (Å²) in [6.45, 7) is 1.83. The van der Waals surface area contributed by atoms with E-state index in [4.69, 9.17) is 4.42 Å². The van der Waals surface area contributed by atoms with Crippen LogP contribution in [0.5, 0.6) is 0 Å². The minimum atomic E-state index is -0.964. The number of carboxylic acid groups (broad SMARTS) is 1. The Balaban J connectivity index is 2.18. The van der Waals surface area contributed by atoms with Gasteiger partial charge in [0, 0.05) is 5.56 Å². The molecule has 2 heterocycles. The molecule has 0 unspecified atom stereocenters. The number of aromatic carboxylic acids is 1. The first-order chi connectivity index (χ1) is 9.66. The van der Waals surface area contributed by atoms with Crippen LogP contribution >= 0.6 is 11.3 Å². The third kappa shape index (κ3) is 2.12. The molecule has 0 spiro atoms. The standard InChI is InChI=1S/C15H11NO3S/c1-9-11(7-8-19-9)14-16-12(13(20-14)15(17)18)10-5-3-2-4-6-10/h2-8H,1H3,(H,17,18). The maximum Gasteiger partial charge on any atom is 0.348 e. The summed E-state index contributed by atoms with van der Waals surface area (Å²) in [7, 11) is 0. The molecular formula is C15H11NO3S. The highest BCUT2D eigenvalue weighted by Crippen LogP contribution is 2.35. The zero-order valence-electron chi connectivity index (χ0n) is 10.7. The smallest absolute Gasteiger partial charge is 0.348 e. The molecule has 5 heteroatoms. The van der Waals surface area contributed by atoms with Crippen LogP contribution in [0.4, 0.5) is 0 Å². The van der Waals surface area contributed by atoms with Crippen molar-refractivity contribution in [3.8, 4) is 21.8 Å². The van der Waals surface area contributed by atoms with Gasteiger partial charge in [0.2, 0.25) is 0 Å². The van der Waals surface area contributed by atoms with E-state index >= 15 is 0 Å². The molecule has 2 aromatic heterocycles. The lowest BCUT2D eigenvalue weighted by Gasteiger charge is -1.97. The van der Waals surface area contributed by atoms with Crippen molar-refractivity contribution in [1.82, 2.24) is 4.98 Å². The van der Waals surface area contributed by atoms with Gasteiger partial charge in [-0.15, -0.1) is 11.3 Å². The molecule has 0 aliphatic heterocycles. The number of aryl methyl sites for hydroxylation is 1. The molecule has 0 atom stereocenters. The van der Waals surface area contributed by atoms with E-state index in [9.17, 15) is 9.90 Å². The lowest BCUT2D eigenvalue weighted by atomic mass is 10.1. The van der Waals surface area contributed by atoms with E-state index in [0.29, 0.717) is 10.7 Å². The van der Waals surface area contributed by atoms with Gasteiger partial charge in [0.15, 0.2) is 0 Å². The molecule has 4 nitrogen and oxygen atoms in total. The van der Waals surface area contributed by atoms with Gasteiger partial charge in [-0.1, -0.05) is 30.3 Å². The fourth-order valence-electron chi connectivity index (χ4n) is 1.98. The molecule has 0 amide bonds. The second kappa shape index (κ2) is 4.94. The molecule has 0 saturated carbocycles. The van der Waals surface area contributed by atoms with Crippen molar-refractivity contribution in [1.29, 1.82) is 0 Å². The quantitative estimate of drug-likeness (QED) is 0.787. The number of aromatic nitrogens is 1. The molecule has 0 bridgehead atoms. The van der Waals surface area contributed by atoms with Gasteiger partial charge in [-0.3, -0.25) is 0 Å². The van der Waals surface area contributed by atoms with Crippen molar-refractivity contribution in [3.63, 3.8) is 0 Å². The fourth-order valence-corrected chi connectivity index (χ4v) is 2.98. The summed E-state index contributed by atoms with van der Waals surface area (Å²) in [4.78, 5) is 16.1. The van der Waals surface area contributed by atoms with Gasteiger partial charge < -0.3 is 9.52 Å². The average molecular weight is 285 g/mol. The predicted octanol–water partition coefficient (Wildman–Crippen LogP) is 4.08. The van der Waals surface area contributed by atoms with Gasteiger partial charge in [0.1, 0.15) is 15.6 Å². The van der Waals surface area contributed by atoms with Crippen LogP contribution in [-0.4, -0.2) is 16.1 Å². The Labute approximate surface area is 119 Å². The van der Waals surface area contributed by atoms with Gasteiger partial charge in [-0.2, -0.15) is 0 Å². The van der Waals surface area contributed by atoms with E-state index in [0.717, 1.165) is 28.2 Å². The number of hydrogen-bond donors (Lipinski definition) is 1. The number of thiazole rings is 1. The van der Waals surface area contributed by atoms with Crippen LogP contribution in [0, 0.1) is 6.92 Å². The maximum atomic E-state index is 11.4. The summed E-state index contributed by atoms with van der Waals surface area (Å²) in [5.41, 5.74) is 2.13. The summed E-state index contributed by atoms with van der Waals surface area (Å²) < 4.78 is 5.25. The van der Waals surface area contributed by atoms with Gasteiger partial charge in [0.25, 0.3) is 0 Å². The highest BCUT2D eigenvalue weighted by Gasteiger charge is 2.20. The Morgan fingerprint density at radius 2 is 2.00 bits per heavy atom. The van der Waals surface area contributed by atoms with E-state index < -0.39 is 5.97 Å². The molecule has 0 saturated heterocycles. The number of hydrogen-bond acceptors (Lipinski definition) is 4. The van der Waals surface area contributed by atoms with Crippen LogP contribution in [0.25, 0.3) is 21.8 Å². The Hall–Kier alpha value is -2.40. The SMILES string of the molecule is Cc1occc1-c1nc(-c2ccccc2)c(C(=O)O)s1. The van der Waals surface area contributed by atoms with Gasteiger partial charge >= 0.3 is 5.97 Å². The van der Waals surface area contributed by atoms with Crippen molar-refractivity contribution in [2.24, 2.45) is 0 Å². The van der Waals surface area contributed by atoms with Crippen LogP contribution in [0.3, 0.4) is 0 Å². The van der Waals surface area contributed by atoms with Crippen molar-refractivity contribution in [3.05, 3.63) is 53.3 Å². The van der Waals surface area contributed by atoms with E-state index in [1.807, 2.05) is 37.3 Å². The third-order valence-corrected chi connectivity index (χ3v) is 4.03. The van der Waals surface area contributed by atoms with Crippen molar-refractivity contribution in [2.75, 3.05) is 0 Å². The van der Waals surface area contributed by atoms with Crippen LogP contribution < -0.4 is 0 Å². The van der Waals surface area contributed by atoms with E-state index in [1.54, 1.807) is 12.3 Å². The Kier molecular flexibility index (Phi) is 3.12. The molecule has 0 aliphatic rings. The number of nitrogens with zero attached hydrogens (tertiary/aromatic N) is 1. The first kappa shape index (κ1) is 12.6. The second-order valence-electron chi connectivity index (χ2n) is 4.26. The van der Waals surface area contributed by atoms with Crippen LogP contribution in [0.15, 0.2) is 47.1 Å². The molecule has 0 radical (unpaired) electrons. The molecule has 1 aromatic carbocycles. The first-order valence-electron chi connectivity index (χ1n) is 6.01. The summed E-state index contributed by atoms with van der Waals surface area (Å²) in [5, 5.41) is 10.0. The topological polar surface area (TPSA) is 63.3 Å². The Morgan fingerprint density at radius 3 is 2.60 bits per heavy atom. The zero-order chi connectivity index (χ0) is 14.1. The van der Waals surface area contributed by atoms with Gasteiger partial charge in [-0.25, -0.2) is 9.78 Å². The molecule has 100 valence electrons. The number of rotatable bonds is 3. The lowest BCUT2D eigenvalue weighted by molar-refractivity contribution is 0.0702. The molecular weight excluding hydrogens is 274 g/mol. The highest BCUT2D eigenvalue weighted by molar-refractivity contribution is 7.17. The summed E-state index contributed by atoms with van der Waals surface area (Å²) in [5.74, 6) is -0.232. The molecule has 1 N–H and O–H groups in total. The Morgan fingerprint density at radius 1 is 1.25 bits per heavy atom. The minimum Gasteiger partial charge on any atom is -0.477 e. The van der Waals surface area contributed by atoms with Crippen molar-refractivity contribution in [2.45, 2.75) is 6.92 Å². The number of carboxylic acids is 1.